The molecule has 3 aromatic carbocycles. The minimum absolute atomic E-state index is 0.536. The number of thioether (sulfide) groups is 1. The molecule has 0 aliphatic carbocycles. The van der Waals surface area contributed by atoms with Crippen molar-refractivity contribution < 1.29 is 9.47 Å². The van der Waals surface area contributed by atoms with Gasteiger partial charge in [0, 0.05) is 21.7 Å². The van der Waals surface area contributed by atoms with Crippen molar-refractivity contribution in [2.75, 3.05) is 13.2 Å². The van der Waals surface area contributed by atoms with Crippen LogP contribution < -0.4 is 9.47 Å². The van der Waals surface area contributed by atoms with Gasteiger partial charge in [-0.25, -0.2) is 9.97 Å². The molecule has 6 nitrogen and oxygen atoms in total. The first-order chi connectivity index (χ1) is 15.7. The molecule has 2 aromatic heterocycles. The van der Waals surface area contributed by atoms with Crippen LogP contribution in [0.4, 0.5) is 0 Å². The molecular formula is C24H17ClN4O2S. The van der Waals surface area contributed by atoms with E-state index in [4.69, 9.17) is 36.1 Å². The molecule has 1 aliphatic rings. The van der Waals surface area contributed by atoms with E-state index < -0.39 is 0 Å². The van der Waals surface area contributed by atoms with E-state index >= 15 is 0 Å². The molecule has 0 N–H and O–H groups in total. The molecule has 0 amide bonds. The van der Waals surface area contributed by atoms with E-state index in [9.17, 15) is 0 Å². The van der Waals surface area contributed by atoms with Gasteiger partial charge in [0.2, 0.25) is 0 Å². The average molecular weight is 461 g/mol. The Morgan fingerprint density at radius 1 is 0.906 bits per heavy atom. The van der Waals surface area contributed by atoms with Crippen LogP contribution >= 0.6 is 23.4 Å². The predicted molar refractivity (Wildman–Crippen MR) is 126 cm³/mol. The predicted octanol–water partition coefficient (Wildman–Crippen LogP) is 5.66. The number of nitrogens with zero attached hydrogens (tertiary/aromatic N) is 4. The maximum absolute atomic E-state index is 6.15. The number of para-hydroxylation sites is 1. The highest BCUT2D eigenvalue weighted by molar-refractivity contribution is 7.98. The molecule has 0 spiro atoms. The van der Waals surface area contributed by atoms with Gasteiger partial charge in [0.15, 0.2) is 28.1 Å². The second kappa shape index (κ2) is 8.00. The van der Waals surface area contributed by atoms with E-state index in [0.717, 1.165) is 49.4 Å². The maximum Gasteiger partial charge on any atom is 0.191 e. The van der Waals surface area contributed by atoms with Gasteiger partial charge >= 0.3 is 0 Å². The fourth-order valence-corrected chi connectivity index (χ4v) is 4.80. The fourth-order valence-electron chi connectivity index (χ4n) is 3.70. The maximum atomic E-state index is 6.15. The zero-order valence-corrected chi connectivity index (χ0v) is 18.4. The minimum Gasteiger partial charge on any atom is -0.486 e. The smallest absolute Gasteiger partial charge is 0.191 e. The summed E-state index contributed by atoms with van der Waals surface area (Å²) >= 11 is 7.75. The van der Waals surface area contributed by atoms with Gasteiger partial charge in [-0.1, -0.05) is 47.6 Å². The lowest BCUT2D eigenvalue weighted by Crippen LogP contribution is -2.15. The van der Waals surface area contributed by atoms with Crippen molar-refractivity contribution in [3.05, 3.63) is 77.3 Å². The van der Waals surface area contributed by atoms with Crippen LogP contribution in [0.5, 0.6) is 11.5 Å². The Labute approximate surface area is 193 Å². The molecule has 1 aliphatic heterocycles. The van der Waals surface area contributed by atoms with Crippen LogP contribution in [-0.2, 0) is 5.75 Å². The SMILES string of the molecule is Clc1cccc(CSc2nc3ccccc3c3nc(-c4ccc5c(c4)OCCO5)nn23)c1. The quantitative estimate of drug-likeness (QED) is 0.254. The molecule has 32 heavy (non-hydrogen) atoms. The highest BCUT2D eigenvalue weighted by Gasteiger charge is 2.18. The van der Waals surface area contributed by atoms with E-state index in [1.807, 2.05) is 65.2 Å². The van der Waals surface area contributed by atoms with Crippen molar-refractivity contribution in [2.24, 2.45) is 0 Å². The Bertz CT molecular complexity index is 1470. The third-order valence-electron chi connectivity index (χ3n) is 5.21. The summed E-state index contributed by atoms with van der Waals surface area (Å²) in [5.41, 5.74) is 3.65. The van der Waals surface area contributed by atoms with Crippen LogP contribution in [0.15, 0.2) is 71.9 Å². The van der Waals surface area contributed by atoms with Crippen molar-refractivity contribution in [1.82, 2.24) is 19.6 Å². The second-order valence-electron chi connectivity index (χ2n) is 7.36. The first kappa shape index (κ1) is 19.4. The molecule has 5 aromatic rings. The summed E-state index contributed by atoms with van der Waals surface area (Å²) in [5, 5.41) is 7.26. The molecule has 0 bridgehead atoms. The molecule has 0 saturated carbocycles. The fraction of sp³-hybridized carbons (Fsp3) is 0.125. The Morgan fingerprint density at radius 2 is 1.78 bits per heavy atom. The van der Waals surface area contributed by atoms with Crippen LogP contribution in [0, 0.1) is 0 Å². The van der Waals surface area contributed by atoms with Gasteiger partial charge in [-0.05, 0) is 48.0 Å². The van der Waals surface area contributed by atoms with Crippen molar-refractivity contribution in [1.29, 1.82) is 0 Å². The van der Waals surface area contributed by atoms with Crippen LogP contribution in [0.2, 0.25) is 5.02 Å². The summed E-state index contributed by atoms with van der Waals surface area (Å²) in [6.07, 6.45) is 0. The molecule has 3 heterocycles. The summed E-state index contributed by atoms with van der Waals surface area (Å²) < 4.78 is 13.2. The lowest BCUT2D eigenvalue weighted by Gasteiger charge is -2.18. The van der Waals surface area contributed by atoms with Crippen molar-refractivity contribution in [2.45, 2.75) is 10.9 Å². The lowest BCUT2D eigenvalue weighted by molar-refractivity contribution is 0.171. The van der Waals surface area contributed by atoms with Gasteiger partial charge in [0.1, 0.15) is 13.2 Å². The first-order valence-electron chi connectivity index (χ1n) is 10.2. The minimum atomic E-state index is 0.536. The lowest BCUT2D eigenvalue weighted by atomic mass is 10.2. The molecule has 0 unspecified atom stereocenters. The normalized spacial score (nSPS) is 13.0. The molecule has 158 valence electrons. The van der Waals surface area contributed by atoms with Gasteiger partial charge in [0.25, 0.3) is 0 Å². The number of benzene rings is 3. The summed E-state index contributed by atoms with van der Waals surface area (Å²) in [4.78, 5) is 9.73. The zero-order valence-electron chi connectivity index (χ0n) is 16.9. The second-order valence-corrected chi connectivity index (χ2v) is 8.74. The number of aromatic nitrogens is 4. The summed E-state index contributed by atoms with van der Waals surface area (Å²) in [5.74, 6) is 2.80. The number of halogens is 1. The van der Waals surface area contributed by atoms with E-state index in [1.165, 1.54) is 0 Å². The monoisotopic (exact) mass is 460 g/mol. The number of rotatable bonds is 4. The van der Waals surface area contributed by atoms with Gasteiger partial charge in [-0.15, -0.1) is 5.10 Å². The number of fused-ring (bicyclic) bond motifs is 4. The Balaban J connectivity index is 1.45. The average Bonchev–Trinajstić information content (AvgIpc) is 3.28. The van der Waals surface area contributed by atoms with Crippen molar-refractivity contribution in [3.63, 3.8) is 0 Å². The molecule has 0 fully saturated rings. The third kappa shape index (κ3) is 3.53. The van der Waals surface area contributed by atoms with E-state index in [2.05, 4.69) is 6.07 Å². The molecule has 0 saturated heterocycles. The van der Waals surface area contributed by atoms with Crippen LogP contribution in [0.25, 0.3) is 27.9 Å². The number of ether oxygens (including phenoxy) is 2. The van der Waals surface area contributed by atoms with Crippen LogP contribution in [0.1, 0.15) is 5.56 Å². The van der Waals surface area contributed by atoms with E-state index in [1.54, 1.807) is 11.8 Å². The Hall–Kier alpha value is -3.29. The van der Waals surface area contributed by atoms with Gasteiger partial charge in [-0.2, -0.15) is 4.52 Å². The summed E-state index contributed by atoms with van der Waals surface area (Å²) in [6, 6.07) is 21.6. The molecule has 8 heteroatoms. The highest BCUT2D eigenvalue weighted by atomic mass is 35.5. The number of hydrogen-bond donors (Lipinski definition) is 0. The largest absolute Gasteiger partial charge is 0.486 e. The first-order valence-corrected chi connectivity index (χ1v) is 11.5. The summed E-state index contributed by atoms with van der Waals surface area (Å²) in [6.45, 7) is 1.09. The van der Waals surface area contributed by atoms with Crippen molar-refractivity contribution in [3.8, 4) is 22.9 Å². The topological polar surface area (TPSA) is 61.5 Å². The van der Waals surface area contributed by atoms with Crippen molar-refractivity contribution >= 4 is 39.9 Å². The highest BCUT2D eigenvalue weighted by Crippen LogP contribution is 2.35. The molecular weight excluding hydrogens is 444 g/mol. The molecule has 0 atom stereocenters. The van der Waals surface area contributed by atoms with E-state index in [0.29, 0.717) is 24.8 Å². The molecule has 0 radical (unpaired) electrons. The van der Waals surface area contributed by atoms with Crippen LogP contribution in [0.3, 0.4) is 0 Å². The molecule has 6 rings (SSSR count). The third-order valence-corrected chi connectivity index (χ3v) is 6.44. The number of hydrogen-bond acceptors (Lipinski definition) is 6. The van der Waals surface area contributed by atoms with Crippen LogP contribution in [-0.4, -0.2) is 32.8 Å². The van der Waals surface area contributed by atoms with Gasteiger partial charge in [-0.3, -0.25) is 0 Å². The van der Waals surface area contributed by atoms with E-state index in [-0.39, 0.29) is 0 Å². The zero-order chi connectivity index (χ0) is 21.5. The standard InChI is InChI=1S/C24H17ClN4O2S/c25-17-5-3-4-15(12-17)14-32-24-26-19-7-2-1-6-18(19)23-27-22(28-29(23)24)16-8-9-20-21(13-16)31-11-10-30-20/h1-9,12-13H,10-11,14H2. The Kier molecular flexibility index (Phi) is 4.85. The van der Waals surface area contributed by atoms with Gasteiger partial charge in [0.05, 0.1) is 5.52 Å². The van der Waals surface area contributed by atoms with Gasteiger partial charge < -0.3 is 9.47 Å². The summed E-state index contributed by atoms with van der Waals surface area (Å²) in [7, 11) is 0. The Morgan fingerprint density at radius 3 is 2.69 bits per heavy atom.